The maximum atomic E-state index is 8.88. The van der Waals surface area contributed by atoms with Crippen LogP contribution in [0.2, 0.25) is 0 Å². The van der Waals surface area contributed by atoms with Crippen molar-refractivity contribution in [3.63, 3.8) is 0 Å². The summed E-state index contributed by atoms with van der Waals surface area (Å²) in [5, 5.41) is 11.3. The van der Waals surface area contributed by atoms with E-state index in [2.05, 4.69) is 35.3 Å². The fraction of sp³-hybridized carbons (Fsp3) is 0.0625. The highest BCUT2D eigenvalue weighted by Crippen LogP contribution is 2.26. The molecule has 0 spiro atoms. The van der Waals surface area contributed by atoms with Gasteiger partial charge in [0.25, 0.3) is 0 Å². The van der Waals surface area contributed by atoms with Crippen LogP contribution in [0, 0.1) is 11.3 Å². The molecule has 92 valence electrons. The maximum Gasteiger partial charge on any atom is 0.0991 e. The quantitative estimate of drug-likeness (QED) is 0.715. The number of fused-ring (bicyclic) bond motifs is 1. The van der Waals surface area contributed by atoms with E-state index in [4.69, 9.17) is 5.26 Å². The van der Waals surface area contributed by atoms with E-state index >= 15 is 0 Å². The van der Waals surface area contributed by atoms with Gasteiger partial charge in [-0.05, 0) is 29.8 Å². The van der Waals surface area contributed by atoms with Crippen LogP contribution >= 0.6 is 11.8 Å². The van der Waals surface area contributed by atoms with Crippen LogP contribution in [-0.2, 0) is 5.75 Å². The minimum atomic E-state index is 0.717. The summed E-state index contributed by atoms with van der Waals surface area (Å²) in [7, 11) is 0. The zero-order valence-corrected chi connectivity index (χ0v) is 11.1. The van der Waals surface area contributed by atoms with Crippen LogP contribution in [-0.4, -0.2) is 4.98 Å². The molecule has 3 rings (SSSR count). The number of hydrogen-bond donors (Lipinski definition) is 1. The second kappa shape index (κ2) is 5.21. The summed E-state index contributed by atoms with van der Waals surface area (Å²) in [4.78, 5) is 3.39. The summed E-state index contributed by atoms with van der Waals surface area (Å²) in [5.41, 5.74) is 3.05. The predicted octanol–water partition coefficient (Wildman–Crippen LogP) is 4.33. The third-order valence-corrected chi connectivity index (χ3v) is 3.96. The van der Waals surface area contributed by atoms with Crippen molar-refractivity contribution in [2.75, 3.05) is 0 Å². The van der Waals surface area contributed by atoms with Crippen molar-refractivity contribution in [2.24, 2.45) is 0 Å². The van der Waals surface area contributed by atoms with Gasteiger partial charge in [0.2, 0.25) is 0 Å². The van der Waals surface area contributed by atoms with Crippen molar-refractivity contribution in [2.45, 2.75) is 10.8 Å². The van der Waals surface area contributed by atoms with Crippen LogP contribution in [0.4, 0.5) is 0 Å². The first-order valence-corrected chi connectivity index (χ1v) is 7.03. The molecule has 1 heterocycles. The van der Waals surface area contributed by atoms with Gasteiger partial charge in [-0.3, -0.25) is 0 Å². The highest BCUT2D eigenvalue weighted by molar-refractivity contribution is 7.98. The number of aromatic amines is 1. The summed E-state index contributed by atoms with van der Waals surface area (Å²) in [6.45, 7) is 0. The van der Waals surface area contributed by atoms with Crippen molar-refractivity contribution >= 4 is 22.7 Å². The normalized spacial score (nSPS) is 10.5. The molecular formula is C16H12N2S. The molecule has 0 atom stereocenters. The van der Waals surface area contributed by atoms with Crippen LogP contribution in [0.15, 0.2) is 59.6 Å². The Bertz CT molecular complexity index is 720. The van der Waals surface area contributed by atoms with Crippen LogP contribution in [0.3, 0.4) is 0 Å². The lowest BCUT2D eigenvalue weighted by molar-refractivity contribution is 1.23. The number of para-hydroxylation sites is 1. The summed E-state index contributed by atoms with van der Waals surface area (Å²) in [6, 6.07) is 20.3. The van der Waals surface area contributed by atoms with Gasteiger partial charge in [-0.15, -0.1) is 11.8 Å². The van der Waals surface area contributed by atoms with E-state index in [-0.39, 0.29) is 0 Å². The van der Waals surface area contributed by atoms with Crippen molar-refractivity contribution < 1.29 is 0 Å². The number of rotatable bonds is 3. The van der Waals surface area contributed by atoms with Crippen LogP contribution in [0.1, 0.15) is 11.1 Å². The number of benzene rings is 2. The molecular weight excluding hydrogens is 252 g/mol. The molecule has 3 aromatic rings. The lowest BCUT2D eigenvalue weighted by atomic mass is 10.2. The summed E-state index contributed by atoms with van der Waals surface area (Å²) in [5.74, 6) is 0.863. The third-order valence-electron chi connectivity index (χ3n) is 2.96. The van der Waals surface area contributed by atoms with Crippen molar-refractivity contribution in [3.05, 3.63) is 65.7 Å². The number of nitrogens with one attached hydrogen (secondary N) is 1. The van der Waals surface area contributed by atoms with Crippen molar-refractivity contribution in [1.29, 1.82) is 5.26 Å². The number of thioether (sulfide) groups is 1. The van der Waals surface area contributed by atoms with Gasteiger partial charge in [-0.1, -0.05) is 30.3 Å². The molecule has 1 aromatic heterocycles. The molecule has 0 amide bonds. The van der Waals surface area contributed by atoms with Gasteiger partial charge in [0.15, 0.2) is 0 Å². The molecule has 19 heavy (non-hydrogen) atoms. The highest BCUT2D eigenvalue weighted by atomic mass is 32.2. The molecule has 2 aromatic carbocycles. The van der Waals surface area contributed by atoms with Crippen LogP contribution in [0.5, 0.6) is 0 Å². The van der Waals surface area contributed by atoms with Crippen molar-refractivity contribution in [3.8, 4) is 6.07 Å². The van der Waals surface area contributed by atoms with E-state index in [9.17, 15) is 0 Å². The van der Waals surface area contributed by atoms with Gasteiger partial charge < -0.3 is 4.98 Å². The second-order valence-corrected chi connectivity index (χ2v) is 5.34. The lowest BCUT2D eigenvalue weighted by Gasteiger charge is -2.00. The monoisotopic (exact) mass is 264 g/mol. The fourth-order valence-electron chi connectivity index (χ4n) is 2.02. The first kappa shape index (κ1) is 11.9. The smallest absolute Gasteiger partial charge is 0.0991 e. The third kappa shape index (κ3) is 2.64. The van der Waals surface area contributed by atoms with Crippen molar-refractivity contribution in [1.82, 2.24) is 4.98 Å². The van der Waals surface area contributed by atoms with E-state index in [1.165, 1.54) is 10.9 Å². The minimum absolute atomic E-state index is 0.717. The van der Waals surface area contributed by atoms with Gasteiger partial charge in [0.1, 0.15) is 0 Å². The Labute approximate surface area is 116 Å². The highest BCUT2D eigenvalue weighted by Gasteiger charge is 2.02. The Morgan fingerprint density at radius 2 is 1.95 bits per heavy atom. The summed E-state index contributed by atoms with van der Waals surface area (Å²) in [6.07, 6.45) is 0. The first-order valence-electron chi connectivity index (χ1n) is 6.05. The number of nitriles is 1. The average molecular weight is 264 g/mol. The van der Waals surface area contributed by atoms with E-state index in [1.54, 1.807) is 11.8 Å². The summed E-state index contributed by atoms with van der Waals surface area (Å²) >= 11 is 1.75. The van der Waals surface area contributed by atoms with Crippen LogP contribution in [0.25, 0.3) is 10.9 Å². The molecule has 0 saturated carbocycles. The van der Waals surface area contributed by atoms with E-state index in [0.29, 0.717) is 0 Å². The zero-order chi connectivity index (χ0) is 13.1. The lowest BCUT2D eigenvalue weighted by Crippen LogP contribution is -1.82. The first-order chi connectivity index (χ1) is 9.35. The zero-order valence-electron chi connectivity index (χ0n) is 10.3. The molecule has 0 saturated heterocycles. The Hall–Kier alpha value is -2.18. The Morgan fingerprint density at radius 1 is 1.05 bits per heavy atom. The van der Waals surface area contributed by atoms with Gasteiger partial charge >= 0.3 is 0 Å². The van der Waals surface area contributed by atoms with E-state index in [1.807, 2.05) is 30.3 Å². The minimum Gasteiger partial charge on any atom is -0.350 e. The molecule has 0 unspecified atom stereocenters. The molecule has 3 heteroatoms. The molecule has 0 radical (unpaired) electrons. The van der Waals surface area contributed by atoms with Gasteiger partial charge in [0, 0.05) is 16.7 Å². The average Bonchev–Trinajstić information content (AvgIpc) is 2.88. The SMILES string of the molecule is N#Cc1cccc(CSc2cc3ccccc3[nH]2)c1. The van der Waals surface area contributed by atoms with E-state index in [0.717, 1.165) is 21.9 Å². The summed E-state index contributed by atoms with van der Waals surface area (Å²) < 4.78 is 0. The standard InChI is InChI=1S/C16H12N2S/c17-10-12-4-3-5-13(8-12)11-19-16-9-14-6-1-2-7-15(14)18-16/h1-9,18H,11H2. The molecule has 2 nitrogen and oxygen atoms in total. The topological polar surface area (TPSA) is 39.6 Å². The maximum absolute atomic E-state index is 8.88. The molecule has 0 bridgehead atoms. The predicted molar refractivity (Wildman–Crippen MR) is 79.0 cm³/mol. The van der Waals surface area contributed by atoms with E-state index < -0.39 is 0 Å². The number of aromatic nitrogens is 1. The molecule has 0 aliphatic carbocycles. The Balaban J connectivity index is 1.76. The number of hydrogen-bond acceptors (Lipinski definition) is 2. The number of H-pyrrole nitrogens is 1. The number of nitrogens with zero attached hydrogens (tertiary/aromatic N) is 1. The largest absolute Gasteiger partial charge is 0.350 e. The fourth-order valence-corrected chi connectivity index (χ4v) is 2.91. The molecule has 0 aliphatic rings. The van der Waals surface area contributed by atoms with Gasteiger partial charge in [-0.2, -0.15) is 5.26 Å². The van der Waals surface area contributed by atoms with Crippen LogP contribution < -0.4 is 0 Å². The molecule has 0 fully saturated rings. The van der Waals surface area contributed by atoms with Gasteiger partial charge in [0.05, 0.1) is 16.7 Å². The second-order valence-electron chi connectivity index (χ2n) is 4.32. The molecule has 1 N–H and O–H groups in total. The van der Waals surface area contributed by atoms with Gasteiger partial charge in [-0.25, -0.2) is 0 Å². The molecule has 0 aliphatic heterocycles. The Kier molecular flexibility index (Phi) is 3.26. The Morgan fingerprint density at radius 3 is 2.79 bits per heavy atom.